The molecule has 1 saturated heterocycles. The summed E-state index contributed by atoms with van der Waals surface area (Å²) in [5, 5.41) is -0.0296. The summed E-state index contributed by atoms with van der Waals surface area (Å²) in [7, 11) is -7.53. The predicted molar refractivity (Wildman–Crippen MR) is 111 cm³/mol. The summed E-state index contributed by atoms with van der Waals surface area (Å²) in [4.78, 5) is 0.436. The lowest BCUT2D eigenvalue weighted by Crippen LogP contribution is -2.64. The Morgan fingerprint density at radius 2 is 1.56 bits per heavy atom. The number of hydrogen-bond donors (Lipinski definition) is 0. The molecule has 25 heavy (non-hydrogen) atoms. The topological polar surface area (TPSA) is 46.6 Å². The standard InChI is InChI=1S/C18H31NO3SSi2/c1-18(2,3)25(7,8)19-14-16(23(19,20)21)17(22-24(4,5)6)15-12-10-9-11-13-15/h9-13H,14H2,1-8H3/b17-16-. The molecule has 0 amide bonds. The molecule has 0 saturated carbocycles. The third-order valence-corrected chi connectivity index (χ3v) is 14.7. The molecule has 1 aromatic carbocycles. The van der Waals surface area contributed by atoms with Crippen molar-refractivity contribution in [3.05, 3.63) is 40.8 Å². The molecule has 1 aliphatic rings. The van der Waals surface area contributed by atoms with Gasteiger partial charge in [0.15, 0.2) is 0 Å². The molecular formula is C18H31NO3SSi2. The van der Waals surface area contributed by atoms with E-state index >= 15 is 0 Å². The Kier molecular flexibility index (Phi) is 5.20. The van der Waals surface area contributed by atoms with Crippen LogP contribution < -0.4 is 0 Å². The molecule has 0 unspecified atom stereocenters. The van der Waals surface area contributed by atoms with E-state index in [-0.39, 0.29) is 5.04 Å². The van der Waals surface area contributed by atoms with Gasteiger partial charge in [-0.2, -0.15) is 0 Å². The minimum Gasteiger partial charge on any atom is -0.543 e. The normalized spacial score (nSPS) is 20.8. The van der Waals surface area contributed by atoms with Crippen molar-refractivity contribution in [3.63, 3.8) is 0 Å². The highest BCUT2D eigenvalue weighted by atomic mass is 32.2. The van der Waals surface area contributed by atoms with Gasteiger partial charge in [-0.3, -0.25) is 0 Å². The van der Waals surface area contributed by atoms with Crippen molar-refractivity contribution in [1.82, 2.24) is 3.97 Å². The predicted octanol–water partition coefficient (Wildman–Crippen LogP) is 4.86. The van der Waals surface area contributed by atoms with E-state index in [0.29, 0.717) is 17.2 Å². The largest absolute Gasteiger partial charge is 0.543 e. The maximum atomic E-state index is 13.2. The Morgan fingerprint density at radius 3 is 1.96 bits per heavy atom. The Hall–Kier alpha value is -0.896. The van der Waals surface area contributed by atoms with Gasteiger partial charge >= 0.3 is 0 Å². The molecule has 1 fully saturated rings. The highest BCUT2D eigenvalue weighted by Gasteiger charge is 2.55. The van der Waals surface area contributed by atoms with Crippen LogP contribution in [0.15, 0.2) is 35.2 Å². The first-order valence-corrected chi connectivity index (χ1v) is 16.5. The molecule has 0 aromatic heterocycles. The SMILES string of the molecule is CC(C)(C)[Si](C)(C)N1C/C(=C(/O[Si](C)(C)C)c2ccccc2)S1(=O)=O. The summed E-state index contributed by atoms with van der Waals surface area (Å²) < 4.78 is 34.3. The van der Waals surface area contributed by atoms with Crippen LogP contribution in [0.5, 0.6) is 0 Å². The lowest BCUT2D eigenvalue weighted by molar-refractivity contribution is 0.473. The molecule has 0 N–H and O–H groups in total. The van der Waals surface area contributed by atoms with Crippen LogP contribution in [0, 0.1) is 0 Å². The zero-order valence-electron chi connectivity index (χ0n) is 16.7. The number of nitrogens with zero attached hydrogens (tertiary/aromatic N) is 1. The van der Waals surface area contributed by atoms with Crippen molar-refractivity contribution in [2.75, 3.05) is 6.54 Å². The molecule has 7 heteroatoms. The lowest BCUT2D eigenvalue weighted by atomic mass is 10.2. The quantitative estimate of drug-likeness (QED) is 0.538. The van der Waals surface area contributed by atoms with Gasteiger partial charge in [0.25, 0.3) is 0 Å². The number of sulfonamides is 1. The number of benzene rings is 1. The summed E-state index contributed by atoms with van der Waals surface area (Å²) >= 11 is 0. The van der Waals surface area contributed by atoms with E-state index in [2.05, 4.69) is 53.5 Å². The highest BCUT2D eigenvalue weighted by Crippen LogP contribution is 2.46. The number of hydrogen-bond acceptors (Lipinski definition) is 3. The van der Waals surface area contributed by atoms with E-state index in [0.717, 1.165) is 5.56 Å². The lowest BCUT2D eigenvalue weighted by Gasteiger charge is -2.50. The fraction of sp³-hybridized carbons (Fsp3) is 0.556. The van der Waals surface area contributed by atoms with E-state index in [1.807, 2.05) is 30.3 Å². The minimum atomic E-state index is -3.45. The first kappa shape index (κ1) is 20.4. The smallest absolute Gasteiger partial charge is 0.242 e. The molecule has 4 nitrogen and oxygen atoms in total. The van der Waals surface area contributed by atoms with Gasteiger partial charge in [0.05, 0.1) is 0 Å². The average molecular weight is 398 g/mol. The first-order valence-electron chi connectivity index (χ1n) is 8.68. The van der Waals surface area contributed by atoms with Gasteiger partial charge in [0.2, 0.25) is 18.3 Å². The fourth-order valence-electron chi connectivity index (χ4n) is 2.60. The molecule has 0 atom stereocenters. The fourth-order valence-corrected chi connectivity index (χ4v) is 9.53. The van der Waals surface area contributed by atoms with Crippen LogP contribution in [0.4, 0.5) is 0 Å². The third-order valence-electron chi connectivity index (χ3n) is 5.05. The van der Waals surface area contributed by atoms with Crippen LogP contribution in [-0.4, -0.2) is 35.5 Å². The Labute approximate surface area is 155 Å². The maximum absolute atomic E-state index is 13.2. The first-order chi connectivity index (χ1) is 11.2. The third kappa shape index (κ3) is 3.94. The van der Waals surface area contributed by atoms with Crippen molar-refractivity contribution in [3.8, 4) is 0 Å². The van der Waals surface area contributed by atoms with E-state index < -0.39 is 26.6 Å². The Balaban J connectivity index is 2.53. The minimum absolute atomic E-state index is 0.0296. The van der Waals surface area contributed by atoms with Crippen LogP contribution in [-0.2, 0) is 14.4 Å². The van der Waals surface area contributed by atoms with E-state index in [1.54, 1.807) is 3.97 Å². The molecule has 0 aliphatic carbocycles. The van der Waals surface area contributed by atoms with Crippen LogP contribution in [0.3, 0.4) is 0 Å². The molecule has 0 spiro atoms. The second-order valence-electron chi connectivity index (χ2n) is 9.15. The summed E-state index contributed by atoms with van der Waals surface area (Å²) in [6, 6.07) is 9.61. The molecule has 1 aliphatic heterocycles. The van der Waals surface area contributed by atoms with Crippen molar-refractivity contribution in [1.29, 1.82) is 0 Å². The van der Waals surface area contributed by atoms with Gasteiger partial charge < -0.3 is 4.43 Å². The zero-order chi connectivity index (χ0) is 19.3. The summed E-state index contributed by atoms with van der Waals surface area (Å²) in [5.41, 5.74) is 0.846. The average Bonchev–Trinajstić information content (AvgIpc) is 2.43. The maximum Gasteiger partial charge on any atom is 0.242 e. The van der Waals surface area contributed by atoms with E-state index in [1.165, 1.54) is 0 Å². The second-order valence-corrected chi connectivity index (χ2v) is 20.9. The summed E-state index contributed by atoms with van der Waals surface area (Å²) in [6.45, 7) is 17.3. The molecule has 1 aromatic rings. The van der Waals surface area contributed by atoms with Crippen LogP contribution in [0.25, 0.3) is 5.76 Å². The molecule has 0 radical (unpaired) electrons. The monoisotopic (exact) mass is 397 g/mol. The van der Waals surface area contributed by atoms with Gasteiger partial charge in [0.1, 0.15) is 18.9 Å². The van der Waals surface area contributed by atoms with E-state index in [9.17, 15) is 8.42 Å². The van der Waals surface area contributed by atoms with E-state index in [4.69, 9.17) is 4.43 Å². The van der Waals surface area contributed by atoms with Gasteiger partial charge in [-0.15, -0.1) is 0 Å². The molecule has 140 valence electrons. The second kappa shape index (κ2) is 6.37. The van der Waals surface area contributed by atoms with Crippen LogP contribution in [0.2, 0.25) is 37.8 Å². The molecule has 2 rings (SSSR count). The van der Waals surface area contributed by atoms with Crippen molar-refractivity contribution in [2.24, 2.45) is 0 Å². The number of rotatable bonds is 4. The Bertz CT molecular complexity index is 773. The van der Waals surface area contributed by atoms with Gasteiger partial charge in [-0.1, -0.05) is 64.2 Å². The van der Waals surface area contributed by atoms with Gasteiger partial charge in [0, 0.05) is 12.1 Å². The van der Waals surface area contributed by atoms with Crippen molar-refractivity contribution in [2.45, 2.75) is 58.5 Å². The Morgan fingerprint density at radius 1 is 1.04 bits per heavy atom. The summed E-state index contributed by atoms with van der Waals surface area (Å²) in [6.07, 6.45) is 0. The highest BCUT2D eigenvalue weighted by molar-refractivity contribution is 7.96. The van der Waals surface area contributed by atoms with Gasteiger partial charge in [-0.05, 0) is 24.7 Å². The van der Waals surface area contributed by atoms with Crippen LogP contribution >= 0.6 is 0 Å². The van der Waals surface area contributed by atoms with Crippen molar-refractivity contribution < 1.29 is 12.8 Å². The zero-order valence-corrected chi connectivity index (χ0v) is 19.5. The molecule has 0 bridgehead atoms. The summed E-state index contributed by atoms with van der Waals surface area (Å²) in [5.74, 6) is 0.551. The van der Waals surface area contributed by atoms with Gasteiger partial charge in [-0.25, -0.2) is 12.4 Å². The molecular weight excluding hydrogens is 366 g/mol. The molecule has 1 heterocycles. The van der Waals surface area contributed by atoms with Crippen LogP contribution in [0.1, 0.15) is 26.3 Å². The van der Waals surface area contributed by atoms with Crippen molar-refractivity contribution >= 4 is 32.3 Å².